The zero-order chi connectivity index (χ0) is 12.4. The molecule has 0 aliphatic heterocycles. The fraction of sp³-hybridized carbons (Fsp3) is 0.500. The average Bonchev–Trinajstić information content (AvgIpc) is 2.81. The maximum absolute atomic E-state index is 5.80. The Morgan fingerprint density at radius 3 is 2.71 bits per heavy atom. The molecule has 0 radical (unpaired) electrons. The highest BCUT2D eigenvalue weighted by atomic mass is 16.6. The topological polar surface area (TPSA) is 77.0 Å². The number of fused-ring (bicyclic) bond motifs is 1. The number of nitrogen functional groups attached to an aromatic ring is 1. The summed E-state index contributed by atoms with van der Waals surface area (Å²) in [5.41, 5.74) is 8.61. The second-order valence-electron chi connectivity index (χ2n) is 4.48. The van der Waals surface area contributed by atoms with Crippen LogP contribution in [0.1, 0.15) is 27.2 Å². The van der Waals surface area contributed by atoms with Gasteiger partial charge in [0.2, 0.25) is 0 Å². The van der Waals surface area contributed by atoms with Gasteiger partial charge in [-0.05, 0) is 35.3 Å². The maximum atomic E-state index is 5.80. The normalized spacial score (nSPS) is 14.8. The standard InChI is InChI=1S/C12H18N4O/c1-4-7(2)8(3)14-10-6-5-9(13)11-12(10)16-17-15-11/h5-8,14H,4,13H2,1-3H3. The van der Waals surface area contributed by atoms with Gasteiger partial charge in [0.15, 0.2) is 11.0 Å². The minimum absolute atomic E-state index is 0.364. The zero-order valence-corrected chi connectivity index (χ0v) is 10.4. The first-order valence-electron chi connectivity index (χ1n) is 5.90. The van der Waals surface area contributed by atoms with Gasteiger partial charge in [0.25, 0.3) is 0 Å². The van der Waals surface area contributed by atoms with E-state index in [1.165, 1.54) is 0 Å². The molecule has 0 spiro atoms. The first-order valence-corrected chi connectivity index (χ1v) is 5.90. The lowest BCUT2D eigenvalue weighted by Crippen LogP contribution is -2.23. The Hall–Kier alpha value is -1.78. The van der Waals surface area contributed by atoms with Crippen molar-refractivity contribution in [2.75, 3.05) is 11.1 Å². The van der Waals surface area contributed by atoms with E-state index in [1.54, 1.807) is 0 Å². The molecule has 1 aromatic heterocycles. The number of nitrogens with one attached hydrogen (secondary N) is 1. The number of benzene rings is 1. The van der Waals surface area contributed by atoms with Gasteiger partial charge in [-0.25, -0.2) is 4.63 Å². The van der Waals surface area contributed by atoms with Gasteiger partial charge in [-0.1, -0.05) is 20.3 Å². The third-order valence-corrected chi connectivity index (χ3v) is 3.33. The van der Waals surface area contributed by atoms with Crippen molar-refractivity contribution in [3.8, 4) is 0 Å². The molecule has 0 saturated heterocycles. The lowest BCUT2D eigenvalue weighted by Gasteiger charge is -2.21. The predicted molar refractivity (Wildman–Crippen MR) is 68.8 cm³/mol. The van der Waals surface area contributed by atoms with Gasteiger partial charge in [0.1, 0.15) is 0 Å². The summed E-state index contributed by atoms with van der Waals surface area (Å²) in [7, 11) is 0. The molecule has 0 saturated carbocycles. The van der Waals surface area contributed by atoms with E-state index in [-0.39, 0.29) is 0 Å². The van der Waals surface area contributed by atoms with Gasteiger partial charge < -0.3 is 11.1 Å². The molecule has 0 amide bonds. The monoisotopic (exact) mass is 234 g/mol. The van der Waals surface area contributed by atoms with E-state index < -0.39 is 0 Å². The summed E-state index contributed by atoms with van der Waals surface area (Å²) >= 11 is 0. The summed E-state index contributed by atoms with van der Waals surface area (Å²) in [6.07, 6.45) is 1.13. The molecule has 2 aromatic rings. The summed E-state index contributed by atoms with van der Waals surface area (Å²) in [5, 5.41) is 11.1. The number of rotatable bonds is 4. The second kappa shape index (κ2) is 4.61. The van der Waals surface area contributed by atoms with Crippen LogP contribution in [0.4, 0.5) is 11.4 Å². The van der Waals surface area contributed by atoms with Gasteiger partial charge >= 0.3 is 0 Å². The van der Waals surface area contributed by atoms with Crippen molar-refractivity contribution >= 4 is 22.4 Å². The van der Waals surface area contributed by atoms with Gasteiger partial charge in [-0.2, -0.15) is 0 Å². The van der Waals surface area contributed by atoms with Crippen molar-refractivity contribution in [3.05, 3.63) is 12.1 Å². The van der Waals surface area contributed by atoms with Gasteiger partial charge in [-0.15, -0.1) is 0 Å². The highest BCUT2D eigenvalue weighted by Crippen LogP contribution is 2.26. The molecule has 2 atom stereocenters. The molecular formula is C12H18N4O. The first-order chi connectivity index (χ1) is 8.13. The first kappa shape index (κ1) is 11.7. The van der Waals surface area contributed by atoms with Gasteiger partial charge in [0.05, 0.1) is 11.4 Å². The number of hydrogen-bond acceptors (Lipinski definition) is 5. The summed E-state index contributed by atoms with van der Waals surface area (Å²) in [5.74, 6) is 0.586. The molecule has 17 heavy (non-hydrogen) atoms. The third kappa shape index (κ3) is 2.18. The molecule has 1 aromatic carbocycles. The van der Waals surface area contributed by atoms with Crippen molar-refractivity contribution < 1.29 is 4.63 Å². The van der Waals surface area contributed by atoms with Crippen LogP contribution in [0.3, 0.4) is 0 Å². The van der Waals surface area contributed by atoms with E-state index in [0.717, 1.165) is 12.1 Å². The van der Waals surface area contributed by atoms with Crippen molar-refractivity contribution in [1.29, 1.82) is 0 Å². The molecule has 1 heterocycles. The Balaban J connectivity index is 2.30. The molecule has 0 bridgehead atoms. The van der Waals surface area contributed by atoms with Crippen LogP contribution in [-0.4, -0.2) is 16.4 Å². The molecule has 5 heteroatoms. The van der Waals surface area contributed by atoms with Crippen LogP contribution >= 0.6 is 0 Å². The SMILES string of the molecule is CCC(C)C(C)Nc1ccc(N)c2nonc12. The summed E-state index contributed by atoms with van der Waals surface area (Å²) in [6.45, 7) is 6.55. The summed E-state index contributed by atoms with van der Waals surface area (Å²) in [4.78, 5) is 0. The highest BCUT2D eigenvalue weighted by molar-refractivity contribution is 5.95. The van der Waals surface area contributed by atoms with E-state index >= 15 is 0 Å². The van der Waals surface area contributed by atoms with E-state index in [2.05, 4.69) is 36.4 Å². The van der Waals surface area contributed by atoms with Crippen LogP contribution in [-0.2, 0) is 0 Å². The number of anilines is 2. The molecule has 2 rings (SSSR count). The zero-order valence-electron chi connectivity index (χ0n) is 10.4. The fourth-order valence-electron chi connectivity index (χ4n) is 1.74. The Kier molecular flexibility index (Phi) is 3.17. The number of aromatic nitrogens is 2. The smallest absolute Gasteiger partial charge is 0.160 e. The molecule has 2 unspecified atom stereocenters. The summed E-state index contributed by atoms with van der Waals surface area (Å²) in [6, 6.07) is 4.10. The maximum Gasteiger partial charge on any atom is 0.160 e. The lowest BCUT2D eigenvalue weighted by molar-refractivity contribution is 0.315. The molecule has 0 aliphatic carbocycles. The average molecular weight is 234 g/mol. The Labute approximate surface area is 100 Å². The second-order valence-corrected chi connectivity index (χ2v) is 4.48. The molecule has 0 aliphatic rings. The predicted octanol–water partition coefficient (Wildman–Crippen LogP) is 2.65. The van der Waals surface area contributed by atoms with Crippen LogP contribution in [0.15, 0.2) is 16.8 Å². The highest BCUT2D eigenvalue weighted by Gasteiger charge is 2.14. The minimum atomic E-state index is 0.364. The Morgan fingerprint density at radius 1 is 1.29 bits per heavy atom. The van der Waals surface area contributed by atoms with Crippen LogP contribution in [0, 0.1) is 5.92 Å². The fourth-order valence-corrected chi connectivity index (χ4v) is 1.74. The Bertz CT molecular complexity index is 508. The van der Waals surface area contributed by atoms with E-state index in [1.807, 2.05) is 12.1 Å². The van der Waals surface area contributed by atoms with Gasteiger partial charge in [0, 0.05) is 6.04 Å². The molecule has 3 N–H and O–H groups in total. The number of nitrogens with two attached hydrogens (primary N) is 1. The van der Waals surface area contributed by atoms with Gasteiger partial charge in [-0.3, -0.25) is 0 Å². The van der Waals surface area contributed by atoms with E-state index in [9.17, 15) is 0 Å². The van der Waals surface area contributed by atoms with E-state index in [4.69, 9.17) is 10.4 Å². The number of hydrogen-bond donors (Lipinski definition) is 2. The quantitative estimate of drug-likeness (QED) is 0.795. The molecule has 5 nitrogen and oxygen atoms in total. The van der Waals surface area contributed by atoms with Crippen LogP contribution in [0.25, 0.3) is 11.0 Å². The Morgan fingerprint density at radius 2 is 2.00 bits per heavy atom. The minimum Gasteiger partial charge on any atom is -0.397 e. The van der Waals surface area contributed by atoms with Crippen molar-refractivity contribution in [2.45, 2.75) is 33.2 Å². The van der Waals surface area contributed by atoms with Crippen LogP contribution in [0.2, 0.25) is 0 Å². The van der Waals surface area contributed by atoms with E-state index in [0.29, 0.717) is 28.7 Å². The van der Waals surface area contributed by atoms with Crippen LogP contribution in [0.5, 0.6) is 0 Å². The molecular weight excluding hydrogens is 216 g/mol. The third-order valence-electron chi connectivity index (χ3n) is 3.33. The van der Waals surface area contributed by atoms with Crippen molar-refractivity contribution in [1.82, 2.24) is 10.3 Å². The summed E-state index contributed by atoms with van der Waals surface area (Å²) < 4.78 is 4.73. The molecule has 0 fully saturated rings. The lowest BCUT2D eigenvalue weighted by atomic mass is 10.0. The molecule has 92 valence electrons. The van der Waals surface area contributed by atoms with Crippen molar-refractivity contribution in [3.63, 3.8) is 0 Å². The number of nitrogens with zero attached hydrogens (tertiary/aromatic N) is 2. The van der Waals surface area contributed by atoms with Crippen molar-refractivity contribution in [2.24, 2.45) is 5.92 Å². The van der Waals surface area contributed by atoms with Crippen LogP contribution < -0.4 is 11.1 Å². The largest absolute Gasteiger partial charge is 0.397 e.